The standard InChI is InChI=1S/C13H17N3O/c1-9-10-3-2-6-15-11(10)16-12(17)13(9)4-7-14-8-5-13/h2-3,6,9,14H,4-5,7-8H2,1H3,(H,15,16,17). The molecule has 0 bridgehead atoms. The van der Waals surface area contributed by atoms with E-state index >= 15 is 0 Å². The molecular weight excluding hydrogens is 214 g/mol. The van der Waals surface area contributed by atoms with Gasteiger partial charge >= 0.3 is 0 Å². The smallest absolute Gasteiger partial charge is 0.232 e. The molecular formula is C13H17N3O. The van der Waals surface area contributed by atoms with Crippen LogP contribution in [0.5, 0.6) is 0 Å². The number of amides is 1. The number of hydrogen-bond donors (Lipinski definition) is 2. The number of nitrogens with one attached hydrogen (secondary N) is 2. The molecule has 1 atom stereocenters. The van der Waals surface area contributed by atoms with Crippen molar-refractivity contribution in [2.24, 2.45) is 5.41 Å². The van der Waals surface area contributed by atoms with Gasteiger partial charge in [0.1, 0.15) is 5.82 Å². The lowest BCUT2D eigenvalue weighted by Gasteiger charge is -2.44. The van der Waals surface area contributed by atoms with Gasteiger partial charge in [-0.2, -0.15) is 0 Å². The highest BCUT2D eigenvalue weighted by Crippen LogP contribution is 2.48. The highest BCUT2D eigenvalue weighted by molar-refractivity contribution is 5.98. The summed E-state index contributed by atoms with van der Waals surface area (Å²) in [6, 6.07) is 4.03. The number of rotatable bonds is 0. The Hall–Kier alpha value is -1.42. The Labute approximate surface area is 101 Å². The van der Waals surface area contributed by atoms with Crippen LogP contribution in [0.15, 0.2) is 18.3 Å². The van der Waals surface area contributed by atoms with Crippen LogP contribution in [0, 0.1) is 5.41 Å². The number of carbonyl (C=O) groups is 1. The van der Waals surface area contributed by atoms with Crippen molar-refractivity contribution < 1.29 is 4.79 Å². The van der Waals surface area contributed by atoms with E-state index in [-0.39, 0.29) is 17.2 Å². The van der Waals surface area contributed by atoms with Gasteiger partial charge in [-0.1, -0.05) is 13.0 Å². The minimum atomic E-state index is -0.235. The Bertz CT molecular complexity index is 452. The van der Waals surface area contributed by atoms with Crippen molar-refractivity contribution in [2.75, 3.05) is 18.4 Å². The maximum Gasteiger partial charge on any atom is 0.232 e. The summed E-state index contributed by atoms with van der Waals surface area (Å²) in [5.41, 5.74) is 0.940. The summed E-state index contributed by atoms with van der Waals surface area (Å²) in [4.78, 5) is 16.6. The first-order valence-electron chi connectivity index (χ1n) is 6.21. The summed E-state index contributed by atoms with van der Waals surface area (Å²) in [6.45, 7) is 4.01. The number of fused-ring (bicyclic) bond motifs is 1. The van der Waals surface area contributed by atoms with E-state index in [1.165, 1.54) is 5.56 Å². The van der Waals surface area contributed by atoms with Gasteiger partial charge in [0.2, 0.25) is 5.91 Å². The molecule has 3 heterocycles. The Morgan fingerprint density at radius 1 is 1.41 bits per heavy atom. The third kappa shape index (κ3) is 1.47. The average Bonchev–Trinajstić information content (AvgIpc) is 2.38. The van der Waals surface area contributed by atoms with E-state index in [1.807, 2.05) is 6.07 Å². The average molecular weight is 231 g/mol. The van der Waals surface area contributed by atoms with Gasteiger partial charge in [-0.25, -0.2) is 4.98 Å². The van der Waals surface area contributed by atoms with Crippen molar-refractivity contribution in [1.29, 1.82) is 0 Å². The fourth-order valence-electron chi connectivity index (χ4n) is 3.13. The fourth-order valence-corrected chi connectivity index (χ4v) is 3.13. The van der Waals surface area contributed by atoms with Crippen LogP contribution in [-0.2, 0) is 4.79 Å². The molecule has 2 aliphatic rings. The van der Waals surface area contributed by atoms with Gasteiger partial charge in [0.05, 0.1) is 5.41 Å². The maximum atomic E-state index is 12.4. The number of carbonyl (C=O) groups excluding carboxylic acids is 1. The summed E-state index contributed by atoms with van der Waals surface area (Å²) in [7, 11) is 0. The highest BCUT2D eigenvalue weighted by Gasteiger charge is 2.48. The Morgan fingerprint density at radius 2 is 2.18 bits per heavy atom. The molecule has 3 rings (SSSR count). The Balaban J connectivity index is 2.05. The topological polar surface area (TPSA) is 54.0 Å². The van der Waals surface area contributed by atoms with Gasteiger partial charge < -0.3 is 10.6 Å². The Morgan fingerprint density at radius 3 is 2.94 bits per heavy atom. The number of hydrogen-bond acceptors (Lipinski definition) is 3. The number of nitrogens with zero attached hydrogens (tertiary/aromatic N) is 1. The normalized spacial score (nSPS) is 26.4. The van der Waals surface area contributed by atoms with E-state index in [2.05, 4.69) is 28.6 Å². The molecule has 1 aromatic heterocycles. The molecule has 1 spiro atoms. The number of anilines is 1. The summed E-state index contributed by atoms with van der Waals surface area (Å²) in [6.07, 6.45) is 3.55. The predicted molar refractivity (Wildman–Crippen MR) is 65.8 cm³/mol. The summed E-state index contributed by atoms with van der Waals surface area (Å²) in [5, 5.41) is 6.30. The first-order chi connectivity index (χ1) is 8.24. The molecule has 90 valence electrons. The van der Waals surface area contributed by atoms with Crippen molar-refractivity contribution in [3.8, 4) is 0 Å². The number of piperidine rings is 1. The highest BCUT2D eigenvalue weighted by atomic mass is 16.2. The largest absolute Gasteiger partial charge is 0.317 e. The summed E-state index contributed by atoms with van der Waals surface area (Å²) in [5.74, 6) is 1.15. The second kappa shape index (κ2) is 3.81. The maximum absolute atomic E-state index is 12.4. The zero-order chi connectivity index (χ0) is 11.9. The van der Waals surface area contributed by atoms with Gasteiger partial charge in [-0.3, -0.25) is 4.79 Å². The van der Waals surface area contributed by atoms with Crippen molar-refractivity contribution >= 4 is 11.7 Å². The SMILES string of the molecule is CC1c2cccnc2NC(=O)C12CCNCC2. The first-order valence-corrected chi connectivity index (χ1v) is 6.21. The minimum Gasteiger partial charge on any atom is -0.317 e. The van der Waals surface area contributed by atoms with Crippen LogP contribution in [-0.4, -0.2) is 24.0 Å². The van der Waals surface area contributed by atoms with Crippen molar-refractivity contribution in [2.45, 2.75) is 25.7 Å². The molecule has 2 N–H and O–H groups in total. The summed E-state index contributed by atoms with van der Waals surface area (Å²) >= 11 is 0. The van der Waals surface area contributed by atoms with Gasteiger partial charge in [0.15, 0.2) is 0 Å². The van der Waals surface area contributed by atoms with Crippen LogP contribution in [0.1, 0.15) is 31.2 Å². The lowest BCUT2D eigenvalue weighted by Crippen LogP contribution is -2.50. The van der Waals surface area contributed by atoms with E-state index in [0.29, 0.717) is 0 Å². The van der Waals surface area contributed by atoms with Crippen LogP contribution >= 0.6 is 0 Å². The molecule has 4 heteroatoms. The second-order valence-electron chi connectivity index (χ2n) is 5.02. The van der Waals surface area contributed by atoms with E-state index in [1.54, 1.807) is 6.20 Å². The second-order valence-corrected chi connectivity index (χ2v) is 5.02. The lowest BCUT2D eigenvalue weighted by atomic mass is 9.65. The van der Waals surface area contributed by atoms with E-state index in [0.717, 1.165) is 31.7 Å². The van der Waals surface area contributed by atoms with Crippen molar-refractivity contribution in [1.82, 2.24) is 10.3 Å². The van der Waals surface area contributed by atoms with Crippen molar-refractivity contribution in [3.63, 3.8) is 0 Å². The van der Waals surface area contributed by atoms with Crippen LogP contribution in [0.25, 0.3) is 0 Å². The molecule has 1 fully saturated rings. The van der Waals surface area contributed by atoms with Gasteiger partial charge in [0.25, 0.3) is 0 Å². The van der Waals surface area contributed by atoms with Crippen LogP contribution in [0.2, 0.25) is 0 Å². The molecule has 1 unspecified atom stereocenters. The molecule has 2 aliphatic heterocycles. The van der Waals surface area contributed by atoms with Crippen LogP contribution < -0.4 is 10.6 Å². The zero-order valence-electron chi connectivity index (χ0n) is 9.99. The molecule has 0 saturated carbocycles. The van der Waals surface area contributed by atoms with E-state index in [9.17, 15) is 4.79 Å². The van der Waals surface area contributed by atoms with E-state index in [4.69, 9.17) is 0 Å². The molecule has 0 aliphatic carbocycles. The van der Waals surface area contributed by atoms with Crippen LogP contribution in [0.4, 0.5) is 5.82 Å². The first kappa shape index (κ1) is 10.7. The molecule has 0 radical (unpaired) electrons. The molecule has 17 heavy (non-hydrogen) atoms. The van der Waals surface area contributed by atoms with Gasteiger partial charge in [0, 0.05) is 6.20 Å². The molecule has 0 aromatic carbocycles. The predicted octanol–water partition coefficient (Wildman–Crippen LogP) is 1.51. The quantitative estimate of drug-likeness (QED) is 0.711. The van der Waals surface area contributed by atoms with E-state index < -0.39 is 0 Å². The minimum absolute atomic E-state index is 0.151. The Kier molecular flexibility index (Phi) is 2.40. The fraction of sp³-hybridized carbons (Fsp3) is 0.538. The van der Waals surface area contributed by atoms with Crippen molar-refractivity contribution in [3.05, 3.63) is 23.9 Å². The number of aromatic nitrogens is 1. The molecule has 1 amide bonds. The van der Waals surface area contributed by atoms with Gasteiger partial charge in [-0.05, 0) is 43.5 Å². The van der Waals surface area contributed by atoms with Gasteiger partial charge in [-0.15, -0.1) is 0 Å². The number of pyridine rings is 1. The summed E-state index contributed by atoms with van der Waals surface area (Å²) < 4.78 is 0. The third-order valence-corrected chi connectivity index (χ3v) is 4.31. The lowest BCUT2D eigenvalue weighted by molar-refractivity contribution is -0.129. The van der Waals surface area contributed by atoms with Crippen LogP contribution in [0.3, 0.4) is 0 Å². The monoisotopic (exact) mass is 231 g/mol. The molecule has 1 saturated heterocycles. The molecule has 4 nitrogen and oxygen atoms in total. The third-order valence-electron chi connectivity index (χ3n) is 4.31. The zero-order valence-corrected chi connectivity index (χ0v) is 9.99. The molecule has 1 aromatic rings.